The molecule has 0 aliphatic carbocycles. The van der Waals surface area contributed by atoms with E-state index in [0.717, 1.165) is 61.7 Å². The lowest BCUT2D eigenvalue weighted by Gasteiger charge is -2.10. The number of hydrogen-bond acceptors (Lipinski definition) is 4. The minimum atomic E-state index is 0.546. The minimum absolute atomic E-state index is 0.546. The summed E-state index contributed by atoms with van der Waals surface area (Å²) in [4.78, 5) is 14.3. The smallest absolute Gasteiger partial charge is 0.0900 e. The summed E-state index contributed by atoms with van der Waals surface area (Å²) in [5.74, 6) is 0. The molecule has 0 amide bonds. The van der Waals surface area contributed by atoms with E-state index >= 15 is 0 Å². The summed E-state index contributed by atoms with van der Waals surface area (Å²) in [6.07, 6.45) is 3.71. The Hall–Kier alpha value is -4.93. The Bertz CT molecular complexity index is 1600. The summed E-state index contributed by atoms with van der Waals surface area (Å²) in [6.45, 7) is 0.546. The first-order valence-electron chi connectivity index (χ1n) is 12.6. The molecule has 4 nitrogen and oxygen atoms in total. The van der Waals surface area contributed by atoms with Crippen molar-refractivity contribution in [2.75, 3.05) is 0 Å². The molecule has 3 aromatic heterocycles. The second-order valence-electron chi connectivity index (χ2n) is 9.12. The fraction of sp³-hybridized carbons (Fsp3) is 0.0294. The highest BCUT2D eigenvalue weighted by molar-refractivity contribution is 5.76. The van der Waals surface area contributed by atoms with Crippen LogP contribution in [0.2, 0.25) is 0 Å². The van der Waals surface area contributed by atoms with Crippen LogP contribution in [-0.4, -0.2) is 15.0 Å². The second kappa shape index (κ2) is 10.6. The highest BCUT2D eigenvalue weighted by Gasteiger charge is 2.11. The Kier molecular flexibility index (Phi) is 6.54. The molecule has 0 aliphatic rings. The van der Waals surface area contributed by atoms with Gasteiger partial charge < -0.3 is 5.73 Å². The number of hydrogen-bond donors (Lipinski definition) is 1. The number of nitrogens with two attached hydrogens (primary N) is 1. The molecule has 3 heterocycles. The maximum absolute atomic E-state index is 5.75. The SMILES string of the molecule is NCc1ccc(-c2cccc(-c3ccc(-c4cc(-c5ccccc5)cc(-c5ccccn5)n4)nc3)c2)cc1. The molecule has 0 radical (unpaired) electrons. The molecule has 0 saturated carbocycles. The van der Waals surface area contributed by atoms with Gasteiger partial charge in [0.2, 0.25) is 0 Å². The Morgan fingerprint density at radius 2 is 1.08 bits per heavy atom. The van der Waals surface area contributed by atoms with Crippen molar-refractivity contribution < 1.29 is 0 Å². The summed E-state index contributed by atoms with van der Waals surface area (Å²) in [5.41, 5.74) is 16.9. The molecule has 4 heteroatoms. The Morgan fingerprint density at radius 1 is 0.447 bits per heavy atom. The molecule has 0 atom stereocenters. The van der Waals surface area contributed by atoms with Gasteiger partial charge in [0.1, 0.15) is 0 Å². The van der Waals surface area contributed by atoms with Crippen molar-refractivity contribution in [3.8, 4) is 56.2 Å². The van der Waals surface area contributed by atoms with Crippen LogP contribution >= 0.6 is 0 Å². The topological polar surface area (TPSA) is 64.7 Å². The number of benzene rings is 3. The molecule has 2 N–H and O–H groups in total. The van der Waals surface area contributed by atoms with Gasteiger partial charge >= 0.3 is 0 Å². The summed E-state index contributed by atoms with van der Waals surface area (Å²) >= 11 is 0. The monoisotopic (exact) mass is 490 g/mol. The van der Waals surface area contributed by atoms with Gasteiger partial charge in [0.25, 0.3) is 0 Å². The third-order valence-corrected chi connectivity index (χ3v) is 6.60. The van der Waals surface area contributed by atoms with Gasteiger partial charge in [-0.3, -0.25) is 9.97 Å². The van der Waals surface area contributed by atoms with E-state index in [1.807, 2.05) is 48.7 Å². The number of rotatable bonds is 6. The Balaban J connectivity index is 1.35. The molecule has 0 unspecified atom stereocenters. The van der Waals surface area contributed by atoms with Gasteiger partial charge in [0.15, 0.2) is 0 Å². The molecule has 182 valence electrons. The molecule has 0 bridgehead atoms. The zero-order chi connectivity index (χ0) is 25.7. The van der Waals surface area contributed by atoms with Crippen LogP contribution in [0, 0.1) is 0 Å². The summed E-state index contributed by atoms with van der Waals surface area (Å²) < 4.78 is 0. The first-order chi connectivity index (χ1) is 18.8. The molecule has 0 aliphatic heterocycles. The van der Waals surface area contributed by atoms with E-state index in [2.05, 4.69) is 83.8 Å². The maximum Gasteiger partial charge on any atom is 0.0900 e. The van der Waals surface area contributed by atoms with Crippen molar-refractivity contribution in [2.45, 2.75) is 6.54 Å². The third kappa shape index (κ3) is 4.99. The second-order valence-corrected chi connectivity index (χ2v) is 9.12. The predicted octanol–water partition coefficient (Wildman–Crippen LogP) is 7.67. The quantitative estimate of drug-likeness (QED) is 0.260. The molecule has 0 fully saturated rings. The first kappa shape index (κ1) is 23.5. The van der Waals surface area contributed by atoms with Crippen LogP contribution in [0.5, 0.6) is 0 Å². The molecule has 38 heavy (non-hydrogen) atoms. The maximum atomic E-state index is 5.75. The summed E-state index contributed by atoms with van der Waals surface area (Å²) in [6, 6.07) is 41.4. The van der Waals surface area contributed by atoms with Crippen LogP contribution in [0.25, 0.3) is 56.2 Å². The Morgan fingerprint density at radius 3 is 1.74 bits per heavy atom. The van der Waals surface area contributed by atoms with Gasteiger partial charge in [-0.15, -0.1) is 0 Å². The number of aromatic nitrogens is 3. The van der Waals surface area contributed by atoms with Crippen molar-refractivity contribution >= 4 is 0 Å². The fourth-order valence-corrected chi connectivity index (χ4v) is 4.53. The van der Waals surface area contributed by atoms with E-state index in [9.17, 15) is 0 Å². The van der Waals surface area contributed by atoms with E-state index in [4.69, 9.17) is 15.7 Å². The van der Waals surface area contributed by atoms with Crippen LogP contribution in [0.1, 0.15) is 5.56 Å². The van der Waals surface area contributed by atoms with Crippen molar-refractivity contribution in [3.05, 3.63) is 139 Å². The average Bonchev–Trinajstić information content (AvgIpc) is 3.02. The van der Waals surface area contributed by atoms with Crippen LogP contribution in [0.3, 0.4) is 0 Å². The minimum Gasteiger partial charge on any atom is -0.326 e. The van der Waals surface area contributed by atoms with Crippen LogP contribution in [0.4, 0.5) is 0 Å². The van der Waals surface area contributed by atoms with E-state index in [1.165, 1.54) is 0 Å². The molecular weight excluding hydrogens is 464 g/mol. The van der Waals surface area contributed by atoms with E-state index in [1.54, 1.807) is 6.20 Å². The van der Waals surface area contributed by atoms with Crippen molar-refractivity contribution in [2.24, 2.45) is 5.73 Å². The predicted molar refractivity (Wildman–Crippen MR) is 155 cm³/mol. The van der Waals surface area contributed by atoms with Crippen molar-refractivity contribution in [1.82, 2.24) is 15.0 Å². The van der Waals surface area contributed by atoms with Gasteiger partial charge in [0, 0.05) is 24.5 Å². The molecule has 0 spiro atoms. The lowest BCUT2D eigenvalue weighted by molar-refractivity contribution is 1.07. The lowest BCUT2D eigenvalue weighted by Crippen LogP contribution is -1.95. The summed E-state index contributed by atoms with van der Waals surface area (Å²) in [7, 11) is 0. The average molecular weight is 491 g/mol. The van der Waals surface area contributed by atoms with E-state index in [-0.39, 0.29) is 0 Å². The van der Waals surface area contributed by atoms with Crippen LogP contribution in [-0.2, 0) is 6.54 Å². The number of nitrogens with zero attached hydrogens (tertiary/aromatic N) is 3. The van der Waals surface area contributed by atoms with E-state index in [0.29, 0.717) is 6.54 Å². The zero-order valence-corrected chi connectivity index (χ0v) is 20.8. The van der Waals surface area contributed by atoms with Crippen LogP contribution < -0.4 is 5.73 Å². The molecule has 6 aromatic rings. The molecule has 3 aromatic carbocycles. The number of pyridine rings is 3. The normalized spacial score (nSPS) is 10.9. The van der Waals surface area contributed by atoms with Crippen molar-refractivity contribution in [3.63, 3.8) is 0 Å². The van der Waals surface area contributed by atoms with Gasteiger partial charge in [0.05, 0.1) is 22.8 Å². The van der Waals surface area contributed by atoms with Gasteiger partial charge in [-0.05, 0) is 69.8 Å². The Labute approximate surface area is 222 Å². The largest absolute Gasteiger partial charge is 0.326 e. The highest BCUT2D eigenvalue weighted by atomic mass is 14.8. The molecule has 6 rings (SSSR count). The first-order valence-corrected chi connectivity index (χ1v) is 12.6. The fourth-order valence-electron chi connectivity index (χ4n) is 4.53. The highest BCUT2D eigenvalue weighted by Crippen LogP contribution is 2.31. The van der Waals surface area contributed by atoms with Crippen molar-refractivity contribution in [1.29, 1.82) is 0 Å². The molecular formula is C34H26N4. The van der Waals surface area contributed by atoms with Gasteiger partial charge in [-0.25, -0.2) is 4.98 Å². The third-order valence-electron chi connectivity index (χ3n) is 6.60. The van der Waals surface area contributed by atoms with Gasteiger partial charge in [-0.2, -0.15) is 0 Å². The standard InChI is InChI=1S/C34H26N4/c35-22-24-12-14-26(15-13-24)27-9-6-10-28(19-27)29-16-17-32(37-23-29)34-21-30(25-7-2-1-3-8-25)20-33(38-34)31-11-4-5-18-36-31/h1-21,23H,22,35H2. The summed E-state index contributed by atoms with van der Waals surface area (Å²) in [5, 5.41) is 0. The zero-order valence-electron chi connectivity index (χ0n) is 20.8. The lowest BCUT2D eigenvalue weighted by atomic mass is 9.99. The van der Waals surface area contributed by atoms with Crippen LogP contribution in [0.15, 0.2) is 134 Å². The van der Waals surface area contributed by atoms with E-state index < -0.39 is 0 Å². The van der Waals surface area contributed by atoms with Gasteiger partial charge in [-0.1, -0.05) is 84.9 Å². The molecule has 0 saturated heterocycles.